The maximum atomic E-state index is 5.83. The van der Waals surface area contributed by atoms with Gasteiger partial charge in [0.1, 0.15) is 4.99 Å². The van der Waals surface area contributed by atoms with Crippen molar-refractivity contribution in [2.45, 2.75) is 45.2 Å². The number of hydrogen-bond donors (Lipinski definition) is 2. The third kappa shape index (κ3) is 3.27. The second-order valence-electron chi connectivity index (χ2n) is 5.17. The van der Waals surface area contributed by atoms with Crippen LogP contribution in [0.1, 0.15) is 38.7 Å². The van der Waals surface area contributed by atoms with Crippen molar-refractivity contribution < 1.29 is 0 Å². The highest BCUT2D eigenvalue weighted by molar-refractivity contribution is 9.10. The van der Waals surface area contributed by atoms with Gasteiger partial charge in [-0.3, -0.25) is 0 Å². The van der Waals surface area contributed by atoms with Gasteiger partial charge in [0.05, 0.1) is 5.69 Å². The Morgan fingerprint density at radius 3 is 2.58 bits per heavy atom. The van der Waals surface area contributed by atoms with Gasteiger partial charge in [-0.15, -0.1) is 0 Å². The van der Waals surface area contributed by atoms with E-state index in [9.17, 15) is 0 Å². The molecule has 104 valence electrons. The quantitative estimate of drug-likeness (QED) is 0.823. The van der Waals surface area contributed by atoms with Crippen LogP contribution in [0.2, 0.25) is 0 Å². The van der Waals surface area contributed by atoms with Crippen molar-refractivity contribution in [3.8, 4) is 0 Å². The van der Waals surface area contributed by atoms with E-state index in [0.29, 0.717) is 17.1 Å². The van der Waals surface area contributed by atoms with Crippen molar-refractivity contribution in [2.24, 2.45) is 5.73 Å². The molecule has 0 aromatic heterocycles. The molecule has 0 radical (unpaired) electrons. The Labute approximate surface area is 128 Å². The van der Waals surface area contributed by atoms with Gasteiger partial charge in [-0.05, 0) is 54.8 Å². The fourth-order valence-corrected chi connectivity index (χ4v) is 3.58. The molecule has 19 heavy (non-hydrogen) atoms. The zero-order chi connectivity index (χ0) is 14.0. The summed E-state index contributed by atoms with van der Waals surface area (Å²) in [4.78, 5) is 0.410. The first-order valence-electron chi connectivity index (χ1n) is 6.64. The van der Waals surface area contributed by atoms with Crippen LogP contribution in [0.4, 0.5) is 5.69 Å². The van der Waals surface area contributed by atoms with Crippen molar-refractivity contribution >= 4 is 38.8 Å². The smallest absolute Gasteiger partial charge is 0.107 e. The first-order valence-corrected chi connectivity index (χ1v) is 7.84. The van der Waals surface area contributed by atoms with E-state index in [1.165, 1.54) is 19.3 Å². The molecule has 2 unspecified atom stereocenters. The van der Waals surface area contributed by atoms with Gasteiger partial charge in [0.15, 0.2) is 0 Å². The molecule has 2 rings (SSSR count). The Morgan fingerprint density at radius 1 is 1.37 bits per heavy atom. The summed E-state index contributed by atoms with van der Waals surface area (Å²) in [5.41, 5.74) is 11.2. The standard InChI is InChI=1S/C14H20BrN3S/c1-9-5-3-6-10(2)18(9)17-12-8-4-7-11(15)13(12)14(16)19/h4,7-10,17H,3,5-6H2,1-2H3,(H2,16,19). The largest absolute Gasteiger partial charge is 0.389 e. The van der Waals surface area contributed by atoms with E-state index in [1.807, 2.05) is 18.2 Å². The molecule has 0 spiro atoms. The second-order valence-corrected chi connectivity index (χ2v) is 6.47. The molecule has 1 heterocycles. The normalized spacial score (nSPS) is 24.2. The van der Waals surface area contributed by atoms with E-state index in [0.717, 1.165) is 15.7 Å². The summed E-state index contributed by atoms with van der Waals surface area (Å²) in [5.74, 6) is 0. The topological polar surface area (TPSA) is 41.3 Å². The van der Waals surface area contributed by atoms with Gasteiger partial charge in [0.2, 0.25) is 0 Å². The highest BCUT2D eigenvalue weighted by Crippen LogP contribution is 2.28. The molecule has 5 heteroatoms. The summed E-state index contributed by atoms with van der Waals surface area (Å²) in [6.07, 6.45) is 3.72. The first kappa shape index (κ1) is 14.8. The average Bonchev–Trinajstić information content (AvgIpc) is 2.33. The molecule has 0 aliphatic carbocycles. The van der Waals surface area contributed by atoms with E-state index in [-0.39, 0.29) is 0 Å². The van der Waals surface area contributed by atoms with Gasteiger partial charge < -0.3 is 11.2 Å². The minimum atomic E-state index is 0.410. The number of rotatable bonds is 3. The predicted molar refractivity (Wildman–Crippen MR) is 88.3 cm³/mol. The third-order valence-electron chi connectivity index (χ3n) is 3.70. The number of benzene rings is 1. The molecule has 1 aliphatic rings. The average molecular weight is 342 g/mol. The lowest BCUT2D eigenvalue weighted by Crippen LogP contribution is -2.47. The van der Waals surface area contributed by atoms with Crippen LogP contribution in [0.5, 0.6) is 0 Å². The Kier molecular flexibility index (Phi) is 4.81. The van der Waals surface area contributed by atoms with Crippen LogP contribution in [-0.2, 0) is 0 Å². The van der Waals surface area contributed by atoms with E-state index < -0.39 is 0 Å². The van der Waals surface area contributed by atoms with Gasteiger partial charge in [-0.2, -0.15) is 0 Å². The second kappa shape index (κ2) is 6.20. The number of piperidine rings is 1. The van der Waals surface area contributed by atoms with Crippen molar-refractivity contribution in [3.63, 3.8) is 0 Å². The zero-order valence-corrected chi connectivity index (χ0v) is 13.7. The molecule has 1 saturated heterocycles. The lowest BCUT2D eigenvalue weighted by atomic mass is 10.00. The number of nitrogens with one attached hydrogen (secondary N) is 1. The molecule has 1 aromatic rings. The van der Waals surface area contributed by atoms with Crippen LogP contribution in [0.15, 0.2) is 22.7 Å². The molecule has 1 fully saturated rings. The fourth-order valence-electron chi connectivity index (χ4n) is 2.65. The fraction of sp³-hybridized carbons (Fsp3) is 0.500. The molecule has 0 bridgehead atoms. The SMILES string of the molecule is CC1CCCC(C)N1Nc1cccc(Br)c1C(N)=S. The Balaban J connectivity index is 2.27. The molecule has 1 aliphatic heterocycles. The predicted octanol–water partition coefficient (Wildman–Crippen LogP) is 3.67. The van der Waals surface area contributed by atoms with Crippen LogP contribution in [0.3, 0.4) is 0 Å². The van der Waals surface area contributed by atoms with Crippen molar-refractivity contribution in [2.75, 3.05) is 5.43 Å². The first-order chi connectivity index (χ1) is 9.00. The van der Waals surface area contributed by atoms with Crippen LogP contribution >= 0.6 is 28.1 Å². The number of hydrogen-bond acceptors (Lipinski definition) is 3. The monoisotopic (exact) mass is 341 g/mol. The van der Waals surface area contributed by atoms with E-state index in [4.69, 9.17) is 18.0 Å². The number of thiocarbonyl (C=S) groups is 1. The van der Waals surface area contributed by atoms with Gasteiger partial charge in [0, 0.05) is 22.1 Å². The Bertz CT molecular complexity index is 468. The molecular weight excluding hydrogens is 322 g/mol. The van der Waals surface area contributed by atoms with Crippen LogP contribution in [0, 0.1) is 0 Å². The maximum Gasteiger partial charge on any atom is 0.107 e. The summed E-state index contributed by atoms with van der Waals surface area (Å²) in [6.45, 7) is 4.50. The molecule has 3 nitrogen and oxygen atoms in total. The van der Waals surface area contributed by atoms with Crippen molar-refractivity contribution in [3.05, 3.63) is 28.2 Å². The highest BCUT2D eigenvalue weighted by atomic mass is 79.9. The number of nitrogens with two attached hydrogens (primary N) is 1. The minimum Gasteiger partial charge on any atom is -0.389 e. The molecule has 0 saturated carbocycles. The van der Waals surface area contributed by atoms with Gasteiger partial charge in [-0.25, -0.2) is 5.01 Å². The minimum absolute atomic E-state index is 0.410. The van der Waals surface area contributed by atoms with Crippen molar-refractivity contribution in [1.82, 2.24) is 5.01 Å². The molecule has 1 aromatic carbocycles. The molecular formula is C14H20BrN3S. The van der Waals surface area contributed by atoms with Crippen LogP contribution < -0.4 is 11.2 Å². The van der Waals surface area contributed by atoms with E-state index in [2.05, 4.69) is 40.2 Å². The number of halogens is 1. The molecule has 0 amide bonds. The summed E-state index contributed by atoms with van der Waals surface area (Å²) >= 11 is 8.67. The highest BCUT2D eigenvalue weighted by Gasteiger charge is 2.25. The van der Waals surface area contributed by atoms with Gasteiger partial charge in [0.25, 0.3) is 0 Å². The summed E-state index contributed by atoms with van der Waals surface area (Å²) < 4.78 is 0.933. The summed E-state index contributed by atoms with van der Waals surface area (Å²) in [7, 11) is 0. The van der Waals surface area contributed by atoms with Crippen LogP contribution in [-0.4, -0.2) is 22.1 Å². The maximum absolute atomic E-state index is 5.83. The van der Waals surface area contributed by atoms with Gasteiger partial charge in [-0.1, -0.05) is 24.7 Å². The summed E-state index contributed by atoms with van der Waals surface area (Å²) in [6, 6.07) is 7.01. The third-order valence-corrected chi connectivity index (χ3v) is 4.57. The number of hydrazine groups is 1. The van der Waals surface area contributed by atoms with Gasteiger partial charge >= 0.3 is 0 Å². The lowest BCUT2D eigenvalue weighted by Gasteiger charge is -2.39. The van der Waals surface area contributed by atoms with E-state index >= 15 is 0 Å². The lowest BCUT2D eigenvalue weighted by molar-refractivity contribution is 0.136. The Morgan fingerprint density at radius 2 is 2.00 bits per heavy atom. The van der Waals surface area contributed by atoms with Crippen LogP contribution in [0.25, 0.3) is 0 Å². The van der Waals surface area contributed by atoms with E-state index in [1.54, 1.807) is 0 Å². The zero-order valence-electron chi connectivity index (χ0n) is 11.3. The van der Waals surface area contributed by atoms with Crippen molar-refractivity contribution in [1.29, 1.82) is 0 Å². The number of nitrogens with zero attached hydrogens (tertiary/aromatic N) is 1. The molecule has 2 atom stereocenters. The Hall–Kier alpha value is -0.650. The number of anilines is 1. The molecule has 3 N–H and O–H groups in total. The summed E-state index contributed by atoms with van der Waals surface area (Å²) in [5, 5.41) is 2.31.